The lowest BCUT2D eigenvalue weighted by atomic mass is 9.41. The van der Waals surface area contributed by atoms with Gasteiger partial charge in [0, 0.05) is 23.6 Å². The first-order valence-corrected chi connectivity index (χ1v) is 11.5. The SMILES string of the molecule is CC(=O)O[C@H]1C[C@]2(C)C3=CC[C@@](C)(C(Br)CO)C[C@@H]3[C@@H](O)C[C@H]2[C@]2(O)CC[C@H]12. The predicted octanol–water partition coefficient (Wildman–Crippen LogP) is 2.95. The van der Waals surface area contributed by atoms with Crippen LogP contribution in [0.1, 0.15) is 59.3 Å². The van der Waals surface area contributed by atoms with Gasteiger partial charge in [-0.05, 0) is 55.3 Å². The maximum absolute atomic E-state index is 11.7. The molecule has 0 heterocycles. The van der Waals surface area contributed by atoms with Crippen LogP contribution in [0.3, 0.4) is 0 Å². The summed E-state index contributed by atoms with van der Waals surface area (Å²) in [5.74, 6) is -0.298. The van der Waals surface area contributed by atoms with Crippen molar-refractivity contribution >= 4 is 21.9 Å². The third-order valence-corrected chi connectivity index (χ3v) is 10.0. The van der Waals surface area contributed by atoms with E-state index in [-0.39, 0.29) is 52.1 Å². The molecule has 28 heavy (non-hydrogen) atoms. The normalized spacial score (nSPS) is 51.0. The number of esters is 1. The van der Waals surface area contributed by atoms with Gasteiger partial charge in [-0.15, -0.1) is 0 Å². The number of allylic oxidation sites excluding steroid dienone is 1. The maximum Gasteiger partial charge on any atom is 0.302 e. The second-order valence-corrected chi connectivity index (χ2v) is 11.3. The van der Waals surface area contributed by atoms with Gasteiger partial charge in [0.25, 0.3) is 0 Å². The van der Waals surface area contributed by atoms with Crippen LogP contribution in [-0.4, -0.2) is 50.5 Å². The number of rotatable bonds is 3. The number of carbonyl (C=O) groups excluding carboxylic acids is 1. The number of hydrogen-bond acceptors (Lipinski definition) is 5. The number of ether oxygens (including phenoxy) is 1. The molecule has 0 spiro atoms. The van der Waals surface area contributed by atoms with Gasteiger partial charge in [-0.2, -0.15) is 0 Å². The van der Waals surface area contributed by atoms with E-state index in [4.69, 9.17) is 4.74 Å². The molecule has 4 aliphatic carbocycles. The molecule has 0 amide bonds. The number of fused-ring (bicyclic) bond motifs is 5. The molecule has 3 saturated carbocycles. The van der Waals surface area contributed by atoms with Gasteiger partial charge >= 0.3 is 5.97 Å². The highest BCUT2D eigenvalue weighted by molar-refractivity contribution is 9.09. The van der Waals surface area contributed by atoms with Crippen LogP contribution in [0.15, 0.2) is 11.6 Å². The highest BCUT2D eigenvalue weighted by Crippen LogP contribution is 2.67. The van der Waals surface area contributed by atoms with Gasteiger partial charge in [-0.25, -0.2) is 0 Å². The second-order valence-electron chi connectivity index (χ2n) is 10.2. The van der Waals surface area contributed by atoms with E-state index < -0.39 is 11.7 Å². The van der Waals surface area contributed by atoms with E-state index in [0.717, 1.165) is 19.3 Å². The minimum absolute atomic E-state index is 0.00924. The summed E-state index contributed by atoms with van der Waals surface area (Å²) in [5.41, 5.74) is -0.0309. The van der Waals surface area contributed by atoms with Gasteiger partial charge in [-0.1, -0.05) is 41.4 Å². The van der Waals surface area contributed by atoms with Crippen molar-refractivity contribution in [2.24, 2.45) is 28.6 Å². The third-order valence-electron chi connectivity index (χ3n) is 8.65. The van der Waals surface area contributed by atoms with Crippen LogP contribution in [0.4, 0.5) is 0 Å². The lowest BCUT2D eigenvalue weighted by Gasteiger charge is -2.66. The number of halogens is 1. The quantitative estimate of drug-likeness (QED) is 0.345. The van der Waals surface area contributed by atoms with Gasteiger partial charge < -0.3 is 20.1 Å². The second kappa shape index (κ2) is 6.79. The number of aliphatic hydroxyl groups excluding tert-OH is 2. The molecular weight excluding hydrogens is 424 g/mol. The number of carbonyl (C=O) groups is 1. The Morgan fingerprint density at radius 1 is 1.39 bits per heavy atom. The summed E-state index contributed by atoms with van der Waals surface area (Å²) in [6, 6.07) is 0. The fraction of sp³-hybridized carbons (Fsp3) is 0.864. The Morgan fingerprint density at radius 3 is 2.68 bits per heavy atom. The van der Waals surface area contributed by atoms with Crippen LogP contribution in [0.25, 0.3) is 0 Å². The Morgan fingerprint density at radius 2 is 2.11 bits per heavy atom. The smallest absolute Gasteiger partial charge is 0.302 e. The minimum atomic E-state index is -0.857. The molecule has 0 aromatic heterocycles. The van der Waals surface area contributed by atoms with Crippen LogP contribution in [0.2, 0.25) is 0 Å². The Kier molecular flexibility index (Phi) is 5.05. The molecule has 0 aliphatic heterocycles. The lowest BCUT2D eigenvalue weighted by Crippen LogP contribution is -2.69. The fourth-order valence-corrected chi connectivity index (χ4v) is 7.37. The average Bonchev–Trinajstić information content (AvgIpc) is 2.61. The number of aliphatic hydroxyl groups is 3. The lowest BCUT2D eigenvalue weighted by molar-refractivity contribution is -0.253. The highest BCUT2D eigenvalue weighted by Gasteiger charge is 2.67. The Hall–Kier alpha value is -0.430. The summed E-state index contributed by atoms with van der Waals surface area (Å²) in [4.78, 5) is 11.7. The summed E-state index contributed by atoms with van der Waals surface area (Å²) < 4.78 is 5.68. The van der Waals surface area contributed by atoms with Crippen LogP contribution < -0.4 is 0 Å². The zero-order chi connectivity index (χ0) is 20.5. The van der Waals surface area contributed by atoms with Crippen molar-refractivity contribution in [2.75, 3.05) is 6.61 Å². The monoisotopic (exact) mass is 456 g/mol. The van der Waals surface area contributed by atoms with Crippen molar-refractivity contribution in [3.8, 4) is 0 Å². The van der Waals surface area contributed by atoms with Crippen LogP contribution in [0.5, 0.6) is 0 Å². The van der Waals surface area contributed by atoms with Crippen molar-refractivity contribution in [1.29, 1.82) is 0 Å². The molecule has 158 valence electrons. The summed E-state index contributed by atoms with van der Waals surface area (Å²) in [6.45, 7) is 5.87. The molecule has 3 N–H and O–H groups in total. The van der Waals surface area contributed by atoms with Crippen molar-refractivity contribution in [2.45, 2.75) is 81.9 Å². The van der Waals surface area contributed by atoms with Gasteiger partial charge in [0.05, 0.1) is 18.3 Å². The zero-order valence-electron chi connectivity index (χ0n) is 17.0. The maximum atomic E-state index is 11.7. The van der Waals surface area contributed by atoms with Crippen LogP contribution >= 0.6 is 15.9 Å². The van der Waals surface area contributed by atoms with E-state index in [1.54, 1.807) is 0 Å². The average molecular weight is 457 g/mol. The Bertz CT molecular complexity index is 694. The van der Waals surface area contributed by atoms with Crippen molar-refractivity contribution in [1.82, 2.24) is 0 Å². The van der Waals surface area contributed by atoms with E-state index in [1.165, 1.54) is 12.5 Å². The zero-order valence-corrected chi connectivity index (χ0v) is 18.6. The molecule has 0 aromatic rings. The molecule has 9 atom stereocenters. The van der Waals surface area contributed by atoms with E-state index >= 15 is 0 Å². The third kappa shape index (κ3) is 2.85. The number of alkyl halides is 1. The summed E-state index contributed by atoms with van der Waals surface area (Å²) in [7, 11) is 0. The van der Waals surface area contributed by atoms with Gasteiger partial charge in [0.1, 0.15) is 6.10 Å². The predicted molar refractivity (Wildman–Crippen MR) is 109 cm³/mol. The highest BCUT2D eigenvalue weighted by atomic mass is 79.9. The molecule has 1 unspecified atom stereocenters. The van der Waals surface area contributed by atoms with E-state index in [1.807, 2.05) is 0 Å². The molecule has 4 rings (SSSR count). The largest absolute Gasteiger partial charge is 0.462 e. The minimum Gasteiger partial charge on any atom is -0.462 e. The van der Waals surface area contributed by atoms with Gasteiger partial charge in [-0.3, -0.25) is 4.79 Å². The molecular formula is C22H33BrO5. The molecule has 0 radical (unpaired) electrons. The van der Waals surface area contributed by atoms with Crippen molar-refractivity contribution in [3.63, 3.8) is 0 Å². The molecule has 0 bridgehead atoms. The van der Waals surface area contributed by atoms with E-state index in [9.17, 15) is 20.1 Å². The van der Waals surface area contributed by atoms with Crippen molar-refractivity contribution < 1.29 is 24.9 Å². The van der Waals surface area contributed by atoms with Crippen molar-refractivity contribution in [3.05, 3.63) is 11.6 Å². The van der Waals surface area contributed by atoms with E-state index in [0.29, 0.717) is 19.3 Å². The summed E-state index contributed by atoms with van der Waals surface area (Å²) in [5, 5.41) is 32.3. The first-order valence-electron chi connectivity index (χ1n) is 10.6. The first kappa shape index (κ1) is 20.8. The van der Waals surface area contributed by atoms with Gasteiger partial charge in [0.15, 0.2) is 0 Å². The van der Waals surface area contributed by atoms with E-state index in [2.05, 4.69) is 35.9 Å². The summed E-state index contributed by atoms with van der Waals surface area (Å²) in [6.07, 6.45) is 6.02. The first-order chi connectivity index (χ1) is 13.0. The van der Waals surface area contributed by atoms with Gasteiger partial charge in [0.2, 0.25) is 0 Å². The standard InChI is InChI=1S/C22H33BrO5/c1-12(25)28-17-10-21(3)14-4-6-20(2,19(23)11-24)9-13(14)16(26)8-18(21)22(27)7-5-15(17)22/h4,13,15-19,24,26-27H,5-11H2,1-3H3/t13-,15+,16-,17-,18+,19?,20+,21+,22-/m0/s1. The topological polar surface area (TPSA) is 87.0 Å². The van der Waals surface area contributed by atoms with Crippen LogP contribution in [0, 0.1) is 28.6 Å². The molecule has 6 heteroatoms. The molecule has 0 aromatic carbocycles. The number of hydrogen-bond donors (Lipinski definition) is 3. The molecule has 4 aliphatic rings. The fourth-order valence-electron chi connectivity index (χ4n) is 6.99. The summed E-state index contributed by atoms with van der Waals surface area (Å²) >= 11 is 3.63. The molecule has 3 fully saturated rings. The van der Waals surface area contributed by atoms with Crippen LogP contribution in [-0.2, 0) is 9.53 Å². The Balaban J connectivity index is 1.71. The Labute approximate surface area is 175 Å². The molecule has 5 nitrogen and oxygen atoms in total. The molecule has 0 saturated heterocycles.